The maximum atomic E-state index is 12.7. The monoisotopic (exact) mass is 396 g/mol. The van der Waals surface area contributed by atoms with Gasteiger partial charge in [0.25, 0.3) is 8.18 Å². The van der Waals surface area contributed by atoms with Crippen LogP contribution in [0.2, 0.25) is 0 Å². The van der Waals surface area contributed by atoms with Crippen LogP contribution in [-0.2, 0) is 25.0 Å². The van der Waals surface area contributed by atoms with Crippen LogP contribution in [0.25, 0.3) is 0 Å². The third-order valence-corrected chi connectivity index (χ3v) is 6.16. The Bertz CT molecular complexity index is 636. The largest absolute Gasteiger partial charge is 0.443 e. The van der Waals surface area contributed by atoms with Crippen LogP contribution < -0.4 is 5.32 Å². The molecule has 2 saturated heterocycles. The number of ether oxygens (including phenoxy) is 2. The molecule has 1 amide bonds. The first-order chi connectivity index (χ1) is 13.0. The van der Waals surface area contributed by atoms with Crippen molar-refractivity contribution in [1.82, 2.24) is 9.99 Å². The van der Waals surface area contributed by atoms with Gasteiger partial charge in [-0.2, -0.15) is 0 Å². The van der Waals surface area contributed by atoms with Gasteiger partial charge < -0.3 is 19.3 Å². The van der Waals surface area contributed by atoms with Gasteiger partial charge in [0, 0.05) is 13.0 Å². The van der Waals surface area contributed by atoms with Gasteiger partial charge >= 0.3 is 6.09 Å². The predicted octanol–water partition coefficient (Wildman–Crippen LogP) is 2.86. The van der Waals surface area contributed by atoms with Gasteiger partial charge in [0.05, 0.1) is 19.3 Å². The lowest BCUT2D eigenvalue weighted by Crippen LogP contribution is -2.44. The Morgan fingerprint density at radius 3 is 2.81 bits per heavy atom. The standard InChI is InChI=1S/C19H29N2O5P/c1-14(2)11-20-12-18-17(10-15-6-4-3-5-7-15)21(27(23)26-18)19(22)25-16-8-9-24-13-16/h3-7,14,16-18,20,27H,8-13H2,1-2H3/t16-,17-,18+/m0/s1. The van der Waals surface area contributed by atoms with Crippen LogP contribution in [0.15, 0.2) is 30.3 Å². The Hall–Kier alpha value is -1.40. The van der Waals surface area contributed by atoms with Crippen LogP contribution in [0.1, 0.15) is 25.8 Å². The minimum atomic E-state index is -2.67. The number of hydrogen-bond acceptors (Lipinski definition) is 6. The van der Waals surface area contributed by atoms with Crippen molar-refractivity contribution in [3.8, 4) is 0 Å². The Labute approximate surface area is 161 Å². The summed E-state index contributed by atoms with van der Waals surface area (Å²) in [5.41, 5.74) is 1.07. The molecule has 1 unspecified atom stereocenters. The fraction of sp³-hybridized carbons (Fsp3) is 0.632. The maximum Gasteiger partial charge on any atom is 0.417 e. The second kappa shape index (κ2) is 9.69. The number of hydrogen-bond donors (Lipinski definition) is 1. The summed E-state index contributed by atoms with van der Waals surface area (Å²) in [5, 5.41) is 3.35. The first-order valence-corrected chi connectivity index (χ1v) is 10.8. The van der Waals surface area contributed by atoms with E-state index < -0.39 is 14.3 Å². The zero-order valence-electron chi connectivity index (χ0n) is 15.9. The third kappa shape index (κ3) is 5.55. The summed E-state index contributed by atoms with van der Waals surface area (Å²) in [6.45, 7) is 6.61. The molecule has 27 heavy (non-hydrogen) atoms. The van der Waals surface area contributed by atoms with E-state index in [1.165, 1.54) is 4.67 Å². The summed E-state index contributed by atoms with van der Waals surface area (Å²) in [6.07, 6.45) is 0.0678. The highest BCUT2D eigenvalue weighted by Gasteiger charge is 2.44. The summed E-state index contributed by atoms with van der Waals surface area (Å²) in [6, 6.07) is 9.54. The van der Waals surface area contributed by atoms with Crippen LogP contribution in [0, 0.1) is 5.92 Å². The van der Waals surface area contributed by atoms with Gasteiger partial charge in [-0.3, -0.25) is 4.57 Å². The summed E-state index contributed by atoms with van der Waals surface area (Å²) >= 11 is 0. The van der Waals surface area contributed by atoms with E-state index in [4.69, 9.17) is 14.0 Å². The van der Waals surface area contributed by atoms with Gasteiger partial charge in [-0.1, -0.05) is 44.2 Å². The Morgan fingerprint density at radius 2 is 2.15 bits per heavy atom. The maximum absolute atomic E-state index is 12.7. The van der Waals surface area contributed by atoms with Crippen molar-refractivity contribution in [3.63, 3.8) is 0 Å². The number of carbonyl (C=O) groups excluding carboxylic acids is 1. The van der Waals surface area contributed by atoms with Crippen LogP contribution in [0.3, 0.4) is 0 Å². The molecule has 4 atom stereocenters. The van der Waals surface area contributed by atoms with E-state index in [0.717, 1.165) is 12.1 Å². The molecule has 0 aromatic heterocycles. The number of amides is 1. The molecule has 0 saturated carbocycles. The number of benzene rings is 1. The molecular weight excluding hydrogens is 367 g/mol. The molecule has 2 aliphatic heterocycles. The zero-order valence-corrected chi connectivity index (χ0v) is 16.9. The lowest BCUT2D eigenvalue weighted by Gasteiger charge is -2.26. The van der Waals surface area contributed by atoms with Gasteiger partial charge in [0.2, 0.25) is 0 Å². The molecule has 2 fully saturated rings. The van der Waals surface area contributed by atoms with E-state index in [0.29, 0.717) is 38.5 Å². The molecule has 7 nitrogen and oxygen atoms in total. The Kier molecular flexibility index (Phi) is 7.30. The molecule has 0 spiro atoms. The number of carbonyl (C=O) groups is 1. The fourth-order valence-electron chi connectivity index (χ4n) is 3.35. The molecule has 2 aliphatic rings. The van der Waals surface area contributed by atoms with Crippen molar-refractivity contribution in [3.05, 3.63) is 35.9 Å². The third-order valence-electron chi connectivity index (χ3n) is 4.75. The van der Waals surface area contributed by atoms with Gasteiger partial charge in [0.1, 0.15) is 12.2 Å². The molecule has 1 aromatic carbocycles. The molecule has 3 rings (SSSR count). The second-order valence-electron chi connectivity index (χ2n) is 7.47. The van der Waals surface area contributed by atoms with Gasteiger partial charge in [-0.05, 0) is 24.4 Å². The molecule has 0 radical (unpaired) electrons. The van der Waals surface area contributed by atoms with E-state index in [-0.39, 0.29) is 18.2 Å². The Morgan fingerprint density at radius 1 is 1.37 bits per heavy atom. The van der Waals surface area contributed by atoms with E-state index in [2.05, 4.69) is 19.2 Å². The van der Waals surface area contributed by atoms with Crippen LogP contribution in [0.4, 0.5) is 4.79 Å². The van der Waals surface area contributed by atoms with E-state index in [1.54, 1.807) is 0 Å². The average Bonchev–Trinajstić information content (AvgIpc) is 3.24. The highest BCUT2D eigenvalue weighted by atomic mass is 31.1. The fourth-order valence-corrected chi connectivity index (χ4v) is 4.69. The smallest absolute Gasteiger partial charge is 0.417 e. The average molecular weight is 396 g/mol. The van der Waals surface area contributed by atoms with Crippen LogP contribution in [0.5, 0.6) is 0 Å². The van der Waals surface area contributed by atoms with Crippen molar-refractivity contribution in [1.29, 1.82) is 0 Å². The van der Waals surface area contributed by atoms with Crippen molar-refractivity contribution < 1.29 is 23.4 Å². The topological polar surface area (TPSA) is 77.1 Å². The summed E-state index contributed by atoms with van der Waals surface area (Å²) in [7, 11) is -2.67. The van der Waals surface area contributed by atoms with E-state index >= 15 is 0 Å². The number of nitrogens with one attached hydrogen (secondary N) is 1. The van der Waals surface area contributed by atoms with Crippen LogP contribution >= 0.6 is 8.18 Å². The highest BCUT2D eigenvalue weighted by molar-refractivity contribution is 7.37. The molecule has 0 bridgehead atoms. The lowest BCUT2D eigenvalue weighted by molar-refractivity contribution is 0.0630. The SMILES string of the molecule is CC(C)CNC[C@H]1O[PH](=O)N(C(=O)O[C@H]2CCOC2)[C@H]1Cc1ccccc1. The van der Waals surface area contributed by atoms with Gasteiger partial charge in [-0.15, -0.1) is 0 Å². The van der Waals surface area contributed by atoms with Crippen molar-refractivity contribution in [2.24, 2.45) is 5.92 Å². The van der Waals surface area contributed by atoms with E-state index in [1.807, 2.05) is 30.3 Å². The number of rotatable bonds is 7. The normalized spacial score (nSPS) is 28.0. The second-order valence-corrected chi connectivity index (χ2v) is 8.72. The molecule has 1 aromatic rings. The summed E-state index contributed by atoms with van der Waals surface area (Å²) in [5.74, 6) is 0.499. The predicted molar refractivity (Wildman–Crippen MR) is 103 cm³/mol. The molecule has 150 valence electrons. The first kappa shape index (κ1) is 20.3. The van der Waals surface area contributed by atoms with Gasteiger partial charge in [0.15, 0.2) is 0 Å². The minimum Gasteiger partial charge on any atom is -0.443 e. The van der Waals surface area contributed by atoms with Crippen molar-refractivity contribution >= 4 is 14.3 Å². The highest BCUT2D eigenvalue weighted by Crippen LogP contribution is 2.43. The molecule has 2 heterocycles. The van der Waals surface area contributed by atoms with Crippen molar-refractivity contribution in [2.45, 2.75) is 44.9 Å². The lowest BCUT2D eigenvalue weighted by atomic mass is 10.0. The summed E-state index contributed by atoms with van der Waals surface area (Å²) in [4.78, 5) is 12.7. The van der Waals surface area contributed by atoms with E-state index in [9.17, 15) is 9.36 Å². The first-order valence-electron chi connectivity index (χ1n) is 9.57. The minimum absolute atomic E-state index is 0.275. The quantitative estimate of drug-likeness (QED) is 0.715. The molecule has 8 heteroatoms. The van der Waals surface area contributed by atoms with Gasteiger partial charge in [-0.25, -0.2) is 9.46 Å². The molecule has 1 N–H and O–H groups in total. The zero-order chi connectivity index (χ0) is 19.2. The Balaban J connectivity index is 1.71. The number of nitrogens with zero attached hydrogens (tertiary/aromatic N) is 1. The molecular formula is C19H29N2O5P. The van der Waals surface area contributed by atoms with Crippen LogP contribution in [-0.4, -0.2) is 55.3 Å². The van der Waals surface area contributed by atoms with Crippen molar-refractivity contribution in [2.75, 3.05) is 26.3 Å². The molecule has 0 aliphatic carbocycles. The summed E-state index contributed by atoms with van der Waals surface area (Å²) < 4.78 is 30.4.